The van der Waals surface area contributed by atoms with Crippen LogP contribution in [-0.2, 0) is 0 Å². The number of aromatic nitrogens is 1. The zero-order valence-electron chi connectivity index (χ0n) is 10.4. The van der Waals surface area contributed by atoms with E-state index in [0.29, 0.717) is 5.56 Å². The van der Waals surface area contributed by atoms with Gasteiger partial charge in [0.05, 0.1) is 11.1 Å². The Balaban J connectivity index is 2.28. The van der Waals surface area contributed by atoms with E-state index in [2.05, 4.69) is 4.98 Å². The van der Waals surface area contributed by atoms with Crippen molar-refractivity contribution < 1.29 is 14.3 Å². The summed E-state index contributed by atoms with van der Waals surface area (Å²) in [5, 5.41) is 9.87. The number of carboxylic acid groups (broad SMARTS) is 1. The molecule has 1 heterocycles. The average Bonchev–Trinajstić information content (AvgIpc) is 2.46. The van der Waals surface area contributed by atoms with Gasteiger partial charge in [0, 0.05) is 11.6 Å². The maximum absolute atomic E-state index is 13.6. The summed E-state index contributed by atoms with van der Waals surface area (Å²) in [6.07, 6.45) is 1.68. The van der Waals surface area contributed by atoms with Crippen molar-refractivity contribution in [1.82, 2.24) is 4.98 Å². The smallest absolute Gasteiger partial charge is 0.335 e. The summed E-state index contributed by atoms with van der Waals surface area (Å²) in [7, 11) is 0. The Hall–Kier alpha value is -2.75. The quantitative estimate of drug-likeness (QED) is 0.769. The standard InChI is InChI=1S/C16H10FNO2/c17-12-8-10(7-11(9-12)16(19)20)13-3-1-5-15-14(13)4-2-6-18-15/h1-9H,(H,19,20). The number of halogens is 1. The largest absolute Gasteiger partial charge is 0.478 e. The highest BCUT2D eigenvalue weighted by Gasteiger charge is 2.10. The highest BCUT2D eigenvalue weighted by Crippen LogP contribution is 2.28. The summed E-state index contributed by atoms with van der Waals surface area (Å²) in [5.74, 6) is -1.72. The lowest BCUT2D eigenvalue weighted by molar-refractivity contribution is 0.0696. The molecule has 0 radical (unpaired) electrons. The minimum atomic E-state index is -1.15. The van der Waals surface area contributed by atoms with Gasteiger partial charge in [-0.15, -0.1) is 0 Å². The Bertz CT molecular complexity index is 809. The molecule has 0 aliphatic rings. The highest BCUT2D eigenvalue weighted by molar-refractivity contribution is 5.96. The van der Waals surface area contributed by atoms with Gasteiger partial charge in [0.25, 0.3) is 0 Å². The number of rotatable bonds is 2. The molecule has 0 saturated heterocycles. The first kappa shape index (κ1) is 12.3. The monoisotopic (exact) mass is 267 g/mol. The molecule has 98 valence electrons. The molecule has 0 bridgehead atoms. The molecule has 1 aromatic heterocycles. The van der Waals surface area contributed by atoms with Crippen LogP contribution < -0.4 is 0 Å². The predicted octanol–water partition coefficient (Wildman–Crippen LogP) is 3.74. The van der Waals surface area contributed by atoms with Crippen LogP contribution in [0.4, 0.5) is 4.39 Å². The molecule has 0 fully saturated rings. The number of carbonyl (C=O) groups is 1. The second kappa shape index (κ2) is 4.74. The minimum absolute atomic E-state index is 0.0686. The van der Waals surface area contributed by atoms with Gasteiger partial charge < -0.3 is 5.11 Å². The minimum Gasteiger partial charge on any atom is -0.478 e. The Kier molecular flexibility index (Phi) is 2.91. The average molecular weight is 267 g/mol. The third-order valence-electron chi connectivity index (χ3n) is 3.10. The normalized spacial score (nSPS) is 10.7. The maximum atomic E-state index is 13.6. The first-order valence-corrected chi connectivity index (χ1v) is 6.03. The van der Waals surface area contributed by atoms with Crippen LogP contribution in [0.5, 0.6) is 0 Å². The summed E-state index contributed by atoms with van der Waals surface area (Å²) in [6.45, 7) is 0. The van der Waals surface area contributed by atoms with Crippen molar-refractivity contribution in [1.29, 1.82) is 0 Å². The fourth-order valence-corrected chi connectivity index (χ4v) is 2.22. The van der Waals surface area contributed by atoms with Crippen LogP contribution in [0.25, 0.3) is 22.0 Å². The van der Waals surface area contributed by atoms with E-state index in [1.54, 1.807) is 12.3 Å². The van der Waals surface area contributed by atoms with Gasteiger partial charge in [-0.1, -0.05) is 18.2 Å². The lowest BCUT2D eigenvalue weighted by Gasteiger charge is -2.07. The molecule has 1 N–H and O–H groups in total. The fourth-order valence-electron chi connectivity index (χ4n) is 2.22. The molecule has 0 spiro atoms. The first-order valence-electron chi connectivity index (χ1n) is 6.03. The van der Waals surface area contributed by atoms with Gasteiger partial charge in [-0.2, -0.15) is 0 Å². The van der Waals surface area contributed by atoms with Crippen molar-refractivity contribution in [3.8, 4) is 11.1 Å². The van der Waals surface area contributed by atoms with E-state index in [9.17, 15) is 9.18 Å². The summed E-state index contributed by atoms with van der Waals surface area (Å²) in [5.41, 5.74) is 2.01. The number of pyridine rings is 1. The van der Waals surface area contributed by atoms with E-state index >= 15 is 0 Å². The third-order valence-corrected chi connectivity index (χ3v) is 3.10. The topological polar surface area (TPSA) is 50.2 Å². The van der Waals surface area contributed by atoms with Crippen LogP contribution >= 0.6 is 0 Å². The summed E-state index contributed by atoms with van der Waals surface area (Å²) in [6, 6.07) is 13.0. The Morgan fingerprint density at radius 3 is 2.75 bits per heavy atom. The molecular weight excluding hydrogens is 257 g/mol. The van der Waals surface area contributed by atoms with E-state index in [4.69, 9.17) is 5.11 Å². The van der Waals surface area contributed by atoms with E-state index in [1.165, 1.54) is 12.1 Å². The van der Waals surface area contributed by atoms with E-state index < -0.39 is 11.8 Å². The SMILES string of the molecule is O=C(O)c1cc(F)cc(-c2cccc3ncccc23)c1. The number of aromatic carboxylic acids is 1. The molecule has 2 aromatic carbocycles. The summed E-state index contributed by atoms with van der Waals surface area (Å²) >= 11 is 0. The van der Waals surface area contributed by atoms with Crippen molar-refractivity contribution in [3.05, 3.63) is 66.1 Å². The van der Waals surface area contributed by atoms with Gasteiger partial charge in [0.1, 0.15) is 5.82 Å². The third kappa shape index (κ3) is 2.12. The molecule has 3 nitrogen and oxygen atoms in total. The van der Waals surface area contributed by atoms with Gasteiger partial charge in [-0.05, 0) is 41.5 Å². The van der Waals surface area contributed by atoms with E-state index in [1.807, 2.05) is 24.3 Å². The Labute approximate surface area is 114 Å². The predicted molar refractivity (Wildman–Crippen MR) is 74.1 cm³/mol. The molecular formula is C16H10FNO2. The number of hydrogen-bond acceptors (Lipinski definition) is 2. The maximum Gasteiger partial charge on any atom is 0.335 e. The van der Waals surface area contributed by atoms with Gasteiger partial charge in [0.2, 0.25) is 0 Å². The van der Waals surface area contributed by atoms with Crippen LogP contribution in [0.15, 0.2) is 54.7 Å². The van der Waals surface area contributed by atoms with Gasteiger partial charge >= 0.3 is 5.97 Å². The first-order chi connectivity index (χ1) is 9.65. The molecule has 0 aliphatic heterocycles. The zero-order chi connectivity index (χ0) is 14.1. The van der Waals surface area contributed by atoms with E-state index in [-0.39, 0.29) is 5.56 Å². The lowest BCUT2D eigenvalue weighted by atomic mass is 9.99. The van der Waals surface area contributed by atoms with Crippen LogP contribution in [0.1, 0.15) is 10.4 Å². The van der Waals surface area contributed by atoms with Crippen LogP contribution in [0.3, 0.4) is 0 Å². The zero-order valence-corrected chi connectivity index (χ0v) is 10.4. The molecule has 3 rings (SSSR count). The summed E-state index contributed by atoms with van der Waals surface area (Å²) in [4.78, 5) is 15.3. The van der Waals surface area contributed by atoms with Crippen LogP contribution in [0, 0.1) is 5.82 Å². The second-order valence-electron chi connectivity index (χ2n) is 4.41. The van der Waals surface area contributed by atoms with Crippen molar-refractivity contribution >= 4 is 16.9 Å². The highest BCUT2D eigenvalue weighted by atomic mass is 19.1. The lowest BCUT2D eigenvalue weighted by Crippen LogP contribution is -1.97. The Morgan fingerprint density at radius 1 is 1.10 bits per heavy atom. The van der Waals surface area contributed by atoms with Crippen molar-refractivity contribution in [3.63, 3.8) is 0 Å². The molecule has 3 aromatic rings. The summed E-state index contributed by atoms with van der Waals surface area (Å²) < 4.78 is 13.6. The van der Waals surface area contributed by atoms with Gasteiger partial charge in [0.15, 0.2) is 0 Å². The number of benzene rings is 2. The van der Waals surface area contributed by atoms with Gasteiger partial charge in [-0.25, -0.2) is 9.18 Å². The number of nitrogens with zero attached hydrogens (tertiary/aromatic N) is 1. The molecule has 20 heavy (non-hydrogen) atoms. The van der Waals surface area contributed by atoms with Crippen LogP contribution in [0.2, 0.25) is 0 Å². The van der Waals surface area contributed by atoms with Crippen molar-refractivity contribution in [2.75, 3.05) is 0 Å². The molecule has 0 aliphatic carbocycles. The van der Waals surface area contributed by atoms with Crippen molar-refractivity contribution in [2.45, 2.75) is 0 Å². The molecule has 0 atom stereocenters. The molecule has 0 saturated carbocycles. The van der Waals surface area contributed by atoms with Crippen molar-refractivity contribution in [2.24, 2.45) is 0 Å². The number of carboxylic acids is 1. The molecule has 0 unspecified atom stereocenters. The number of hydrogen-bond donors (Lipinski definition) is 1. The van der Waals surface area contributed by atoms with Crippen LogP contribution in [-0.4, -0.2) is 16.1 Å². The molecule has 0 amide bonds. The van der Waals surface area contributed by atoms with Gasteiger partial charge in [-0.3, -0.25) is 4.98 Å². The second-order valence-corrected chi connectivity index (χ2v) is 4.41. The van der Waals surface area contributed by atoms with E-state index in [0.717, 1.165) is 22.5 Å². The Morgan fingerprint density at radius 2 is 1.95 bits per heavy atom. The number of fused-ring (bicyclic) bond motifs is 1. The molecule has 4 heteroatoms. The fraction of sp³-hybridized carbons (Fsp3) is 0.